The minimum absolute atomic E-state index is 0.0141. The van der Waals surface area contributed by atoms with Crippen molar-refractivity contribution in [3.63, 3.8) is 0 Å². The van der Waals surface area contributed by atoms with Crippen molar-refractivity contribution in [3.05, 3.63) is 35.6 Å². The molecule has 0 N–H and O–H groups in total. The molecule has 3 aliphatic rings. The van der Waals surface area contributed by atoms with E-state index in [1.54, 1.807) is 17.0 Å². The summed E-state index contributed by atoms with van der Waals surface area (Å²) in [5.41, 5.74) is 0.191. The summed E-state index contributed by atoms with van der Waals surface area (Å²) >= 11 is 0. The lowest BCUT2D eigenvalue weighted by Crippen LogP contribution is -2.39. The number of hydrogen-bond acceptors (Lipinski definition) is 3. The van der Waals surface area contributed by atoms with Crippen LogP contribution < -0.4 is 0 Å². The first-order chi connectivity index (χ1) is 11.4. The molecular weight excluding hydrogens is 331 g/mol. The standard InChI is InChI=1S/C17H21FN2O3S/c18-14-3-1-2-13(10-14)11-19-8-6-17(16(19)21)7-9-20(12-17)24(22,23)15-4-5-15/h1-3,10,15H,4-9,11-12H2/t17-/m1/s1. The number of halogens is 1. The molecule has 2 heterocycles. The lowest BCUT2D eigenvalue weighted by atomic mass is 9.86. The number of sulfonamides is 1. The molecule has 1 saturated carbocycles. The maximum Gasteiger partial charge on any atom is 0.230 e. The van der Waals surface area contributed by atoms with E-state index in [1.165, 1.54) is 16.4 Å². The van der Waals surface area contributed by atoms with Gasteiger partial charge in [0, 0.05) is 26.2 Å². The third-order valence-electron chi connectivity index (χ3n) is 5.49. The Morgan fingerprint density at radius 3 is 2.67 bits per heavy atom. The number of rotatable bonds is 4. The molecule has 5 nitrogen and oxygen atoms in total. The predicted octanol–water partition coefficient (Wildman–Crippen LogP) is 1.74. The molecule has 1 atom stereocenters. The third kappa shape index (κ3) is 2.63. The van der Waals surface area contributed by atoms with Gasteiger partial charge in [-0.2, -0.15) is 0 Å². The zero-order chi connectivity index (χ0) is 16.9. The van der Waals surface area contributed by atoms with Gasteiger partial charge < -0.3 is 4.90 Å². The second kappa shape index (κ2) is 5.52. The van der Waals surface area contributed by atoms with Gasteiger partial charge in [0.1, 0.15) is 5.82 Å². The molecule has 2 saturated heterocycles. The summed E-state index contributed by atoms with van der Waals surface area (Å²) in [6.07, 6.45) is 2.76. The normalized spacial score (nSPS) is 28.2. The number of benzene rings is 1. The zero-order valence-corrected chi connectivity index (χ0v) is 14.3. The first kappa shape index (κ1) is 16.0. The van der Waals surface area contributed by atoms with Crippen LogP contribution in [0.5, 0.6) is 0 Å². The number of likely N-dealkylation sites (tertiary alicyclic amines) is 1. The summed E-state index contributed by atoms with van der Waals surface area (Å²) in [5, 5.41) is -0.229. The molecule has 7 heteroatoms. The molecule has 1 spiro atoms. The summed E-state index contributed by atoms with van der Waals surface area (Å²) in [4.78, 5) is 14.6. The number of hydrogen-bond donors (Lipinski definition) is 0. The molecule has 4 rings (SSSR count). The molecule has 0 radical (unpaired) electrons. The molecule has 2 aliphatic heterocycles. The summed E-state index contributed by atoms with van der Waals surface area (Å²) < 4.78 is 39.7. The summed E-state index contributed by atoms with van der Waals surface area (Å²) in [7, 11) is -3.22. The Hall–Kier alpha value is -1.47. The van der Waals surface area contributed by atoms with E-state index >= 15 is 0 Å². The molecule has 24 heavy (non-hydrogen) atoms. The van der Waals surface area contributed by atoms with Crippen molar-refractivity contribution in [2.75, 3.05) is 19.6 Å². The Morgan fingerprint density at radius 2 is 1.96 bits per heavy atom. The summed E-state index contributed by atoms with van der Waals surface area (Å²) in [6.45, 7) is 1.74. The molecule has 1 aliphatic carbocycles. The smallest absolute Gasteiger partial charge is 0.230 e. The van der Waals surface area contributed by atoms with Gasteiger partial charge in [-0.3, -0.25) is 4.79 Å². The first-order valence-corrected chi connectivity index (χ1v) is 9.94. The van der Waals surface area contributed by atoms with Gasteiger partial charge in [-0.25, -0.2) is 17.1 Å². The quantitative estimate of drug-likeness (QED) is 0.829. The van der Waals surface area contributed by atoms with E-state index in [0.29, 0.717) is 39.0 Å². The highest BCUT2D eigenvalue weighted by molar-refractivity contribution is 7.90. The van der Waals surface area contributed by atoms with Gasteiger partial charge in [0.2, 0.25) is 15.9 Å². The van der Waals surface area contributed by atoms with E-state index in [1.807, 2.05) is 0 Å². The Labute approximate surface area is 141 Å². The van der Waals surface area contributed by atoms with Crippen molar-refractivity contribution >= 4 is 15.9 Å². The van der Waals surface area contributed by atoms with Gasteiger partial charge in [0.15, 0.2) is 0 Å². The van der Waals surface area contributed by atoms with E-state index in [9.17, 15) is 17.6 Å². The average molecular weight is 352 g/mol. The van der Waals surface area contributed by atoms with Crippen molar-refractivity contribution in [2.45, 2.75) is 37.5 Å². The Balaban J connectivity index is 1.47. The van der Waals surface area contributed by atoms with Gasteiger partial charge in [0.25, 0.3) is 0 Å². The molecule has 1 aromatic carbocycles. The molecule has 130 valence electrons. The van der Waals surface area contributed by atoms with Crippen LogP contribution in [0.25, 0.3) is 0 Å². The molecule has 1 aromatic rings. The fraction of sp³-hybridized carbons (Fsp3) is 0.588. The lowest BCUT2D eigenvalue weighted by Gasteiger charge is -2.23. The van der Waals surface area contributed by atoms with Crippen molar-refractivity contribution in [1.29, 1.82) is 0 Å². The maximum atomic E-state index is 13.3. The predicted molar refractivity (Wildman–Crippen MR) is 87.0 cm³/mol. The molecule has 3 fully saturated rings. The highest BCUT2D eigenvalue weighted by atomic mass is 32.2. The van der Waals surface area contributed by atoms with Crippen LogP contribution in [0.3, 0.4) is 0 Å². The van der Waals surface area contributed by atoms with Crippen LogP contribution in [0.15, 0.2) is 24.3 Å². The van der Waals surface area contributed by atoms with Crippen molar-refractivity contribution in [1.82, 2.24) is 9.21 Å². The monoisotopic (exact) mass is 352 g/mol. The van der Waals surface area contributed by atoms with Crippen molar-refractivity contribution < 1.29 is 17.6 Å². The second-order valence-electron chi connectivity index (χ2n) is 7.21. The van der Waals surface area contributed by atoms with E-state index < -0.39 is 15.4 Å². The number of nitrogens with zero attached hydrogens (tertiary/aromatic N) is 2. The first-order valence-electron chi connectivity index (χ1n) is 8.44. The van der Waals surface area contributed by atoms with E-state index in [-0.39, 0.29) is 17.0 Å². The topological polar surface area (TPSA) is 57.7 Å². The van der Waals surface area contributed by atoms with E-state index in [2.05, 4.69) is 0 Å². The van der Waals surface area contributed by atoms with E-state index in [0.717, 1.165) is 18.4 Å². The summed E-state index contributed by atoms with van der Waals surface area (Å²) in [6, 6.07) is 6.27. The van der Waals surface area contributed by atoms with Gasteiger partial charge in [-0.1, -0.05) is 12.1 Å². The fourth-order valence-electron chi connectivity index (χ4n) is 3.91. The van der Waals surface area contributed by atoms with Gasteiger partial charge >= 0.3 is 0 Å². The minimum atomic E-state index is -3.22. The highest BCUT2D eigenvalue weighted by Gasteiger charge is 2.54. The number of amides is 1. The second-order valence-corrected chi connectivity index (χ2v) is 9.43. The van der Waals surface area contributed by atoms with Gasteiger partial charge in [-0.05, 0) is 43.4 Å². The van der Waals surface area contributed by atoms with Crippen molar-refractivity contribution in [3.8, 4) is 0 Å². The SMILES string of the molecule is O=C1N(Cc2cccc(F)c2)CC[C@]12CCN(S(=O)(=O)C1CC1)C2. The highest BCUT2D eigenvalue weighted by Crippen LogP contribution is 2.44. The van der Waals surface area contributed by atoms with Crippen LogP contribution >= 0.6 is 0 Å². The molecule has 0 aromatic heterocycles. The Kier molecular flexibility index (Phi) is 3.69. The van der Waals surface area contributed by atoms with Crippen LogP contribution in [0, 0.1) is 11.2 Å². The number of carbonyl (C=O) groups is 1. The van der Waals surface area contributed by atoms with E-state index in [4.69, 9.17) is 0 Å². The van der Waals surface area contributed by atoms with Crippen LogP contribution in [-0.4, -0.2) is 48.4 Å². The molecule has 0 bridgehead atoms. The van der Waals surface area contributed by atoms with Crippen LogP contribution in [-0.2, 0) is 21.4 Å². The maximum absolute atomic E-state index is 13.3. The van der Waals surface area contributed by atoms with Crippen LogP contribution in [0.2, 0.25) is 0 Å². The van der Waals surface area contributed by atoms with Gasteiger partial charge in [0.05, 0.1) is 10.7 Å². The fourth-order valence-corrected chi connectivity index (χ4v) is 5.83. The van der Waals surface area contributed by atoms with Crippen LogP contribution in [0.1, 0.15) is 31.2 Å². The largest absolute Gasteiger partial charge is 0.338 e. The summed E-state index contributed by atoms with van der Waals surface area (Å²) in [5.74, 6) is -0.295. The molecule has 0 unspecified atom stereocenters. The lowest BCUT2D eigenvalue weighted by molar-refractivity contribution is -0.135. The third-order valence-corrected chi connectivity index (χ3v) is 7.83. The zero-order valence-electron chi connectivity index (χ0n) is 13.4. The number of carbonyl (C=O) groups excluding carboxylic acids is 1. The molecular formula is C17H21FN2O3S. The Bertz CT molecular complexity index is 778. The minimum Gasteiger partial charge on any atom is -0.338 e. The van der Waals surface area contributed by atoms with Crippen LogP contribution in [0.4, 0.5) is 4.39 Å². The Morgan fingerprint density at radius 1 is 1.21 bits per heavy atom. The molecule has 1 amide bonds. The van der Waals surface area contributed by atoms with Gasteiger partial charge in [-0.15, -0.1) is 0 Å². The van der Waals surface area contributed by atoms with Crippen molar-refractivity contribution in [2.24, 2.45) is 5.41 Å². The average Bonchev–Trinajstić information content (AvgIpc) is 3.26.